The Morgan fingerprint density at radius 3 is 3.06 bits per heavy atom. The van der Waals surface area contributed by atoms with E-state index in [1.54, 1.807) is 7.11 Å². The standard InChI is InChI=1S/C13H19NO3/c1-15-13-3-2-12(14)6-11(13)9-17-8-10-4-5-16-7-10/h2-3,6,10H,4-5,7-9,14H2,1H3. The van der Waals surface area contributed by atoms with Gasteiger partial charge in [0.25, 0.3) is 0 Å². The number of nitrogen functional groups attached to an aromatic ring is 1. The number of benzene rings is 1. The first-order valence-corrected chi connectivity index (χ1v) is 5.87. The Balaban J connectivity index is 1.86. The molecule has 1 saturated heterocycles. The van der Waals surface area contributed by atoms with Crippen molar-refractivity contribution >= 4 is 5.69 Å². The van der Waals surface area contributed by atoms with Gasteiger partial charge in [-0.3, -0.25) is 0 Å². The van der Waals surface area contributed by atoms with E-state index in [0.29, 0.717) is 12.5 Å². The zero-order valence-electron chi connectivity index (χ0n) is 10.1. The molecule has 1 fully saturated rings. The van der Waals surface area contributed by atoms with E-state index >= 15 is 0 Å². The predicted molar refractivity (Wildman–Crippen MR) is 66.0 cm³/mol. The van der Waals surface area contributed by atoms with Gasteiger partial charge in [0.05, 0.1) is 26.9 Å². The molecule has 2 N–H and O–H groups in total. The molecule has 1 aliphatic rings. The lowest BCUT2D eigenvalue weighted by molar-refractivity contribution is 0.0780. The van der Waals surface area contributed by atoms with Gasteiger partial charge in [0.2, 0.25) is 0 Å². The molecule has 0 saturated carbocycles. The Morgan fingerprint density at radius 1 is 1.47 bits per heavy atom. The van der Waals surface area contributed by atoms with E-state index in [0.717, 1.165) is 43.2 Å². The van der Waals surface area contributed by atoms with E-state index in [1.807, 2.05) is 18.2 Å². The second-order valence-corrected chi connectivity index (χ2v) is 4.32. The fourth-order valence-corrected chi connectivity index (χ4v) is 1.96. The molecule has 4 heteroatoms. The minimum absolute atomic E-state index is 0.530. The van der Waals surface area contributed by atoms with Crippen molar-refractivity contribution in [1.82, 2.24) is 0 Å². The van der Waals surface area contributed by atoms with Crippen molar-refractivity contribution in [3.05, 3.63) is 23.8 Å². The summed E-state index contributed by atoms with van der Waals surface area (Å²) < 4.78 is 16.2. The lowest BCUT2D eigenvalue weighted by atomic mass is 10.1. The first-order valence-electron chi connectivity index (χ1n) is 5.87. The molecule has 0 spiro atoms. The zero-order chi connectivity index (χ0) is 12.1. The summed E-state index contributed by atoms with van der Waals surface area (Å²) in [6.07, 6.45) is 1.09. The van der Waals surface area contributed by atoms with Crippen molar-refractivity contribution in [2.75, 3.05) is 32.7 Å². The number of nitrogens with two attached hydrogens (primary N) is 1. The summed E-state index contributed by atoms with van der Waals surface area (Å²) in [6.45, 7) is 2.94. The summed E-state index contributed by atoms with van der Waals surface area (Å²) in [5.74, 6) is 1.35. The molecule has 1 aromatic rings. The van der Waals surface area contributed by atoms with Crippen molar-refractivity contribution in [3.8, 4) is 5.75 Å². The molecule has 4 nitrogen and oxygen atoms in total. The van der Waals surface area contributed by atoms with Crippen LogP contribution in [-0.2, 0) is 16.1 Å². The van der Waals surface area contributed by atoms with Gasteiger partial charge >= 0.3 is 0 Å². The highest BCUT2D eigenvalue weighted by atomic mass is 16.5. The number of methoxy groups -OCH3 is 1. The predicted octanol–water partition coefficient (Wildman–Crippen LogP) is 1.83. The molecule has 1 aromatic carbocycles. The smallest absolute Gasteiger partial charge is 0.124 e. The highest BCUT2D eigenvalue weighted by Crippen LogP contribution is 2.22. The second-order valence-electron chi connectivity index (χ2n) is 4.32. The van der Waals surface area contributed by atoms with Crippen LogP contribution >= 0.6 is 0 Å². The maximum absolute atomic E-state index is 5.74. The third-order valence-corrected chi connectivity index (χ3v) is 2.94. The Morgan fingerprint density at radius 2 is 2.35 bits per heavy atom. The van der Waals surface area contributed by atoms with Gasteiger partial charge in [-0.1, -0.05) is 0 Å². The molecule has 1 aliphatic heterocycles. The van der Waals surface area contributed by atoms with Gasteiger partial charge < -0.3 is 19.9 Å². The van der Waals surface area contributed by atoms with Crippen molar-refractivity contribution in [3.63, 3.8) is 0 Å². The lowest BCUT2D eigenvalue weighted by Gasteiger charge is -2.12. The average Bonchev–Trinajstić information content (AvgIpc) is 2.82. The highest BCUT2D eigenvalue weighted by molar-refractivity contribution is 5.47. The van der Waals surface area contributed by atoms with E-state index in [-0.39, 0.29) is 0 Å². The molecule has 1 atom stereocenters. The summed E-state index contributed by atoms with van der Waals surface area (Å²) in [4.78, 5) is 0. The lowest BCUT2D eigenvalue weighted by Crippen LogP contribution is -2.09. The van der Waals surface area contributed by atoms with Crippen LogP contribution in [0.1, 0.15) is 12.0 Å². The van der Waals surface area contributed by atoms with Gasteiger partial charge in [-0.2, -0.15) is 0 Å². The number of hydrogen-bond donors (Lipinski definition) is 1. The molecule has 0 aromatic heterocycles. The van der Waals surface area contributed by atoms with Crippen LogP contribution in [-0.4, -0.2) is 26.9 Å². The molecule has 0 amide bonds. The van der Waals surface area contributed by atoms with E-state index in [4.69, 9.17) is 19.9 Å². The van der Waals surface area contributed by atoms with Gasteiger partial charge in [-0.05, 0) is 24.6 Å². The maximum atomic E-state index is 5.74. The average molecular weight is 237 g/mol. The maximum Gasteiger partial charge on any atom is 0.124 e. The van der Waals surface area contributed by atoms with Crippen molar-refractivity contribution in [1.29, 1.82) is 0 Å². The minimum Gasteiger partial charge on any atom is -0.496 e. The van der Waals surface area contributed by atoms with Gasteiger partial charge in [0, 0.05) is 23.8 Å². The quantitative estimate of drug-likeness (QED) is 0.794. The van der Waals surface area contributed by atoms with Gasteiger partial charge in [-0.15, -0.1) is 0 Å². The summed E-state index contributed by atoms with van der Waals surface area (Å²) in [7, 11) is 1.65. The number of ether oxygens (including phenoxy) is 3. The Bertz CT molecular complexity index is 362. The minimum atomic E-state index is 0.530. The largest absolute Gasteiger partial charge is 0.496 e. The molecule has 0 radical (unpaired) electrons. The monoisotopic (exact) mass is 237 g/mol. The second kappa shape index (κ2) is 5.89. The van der Waals surface area contributed by atoms with Crippen LogP contribution in [0.15, 0.2) is 18.2 Å². The van der Waals surface area contributed by atoms with Gasteiger partial charge in [0.1, 0.15) is 5.75 Å². The Kier molecular flexibility index (Phi) is 4.23. The molecule has 0 aliphatic carbocycles. The van der Waals surface area contributed by atoms with Crippen molar-refractivity contribution in [2.45, 2.75) is 13.0 Å². The van der Waals surface area contributed by atoms with Crippen LogP contribution in [0.4, 0.5) is 5.69 Å². The summed E-state index contributed by atoms with van der Waals surface area (Å²) >= 11 is 0. The van der Waals surface area contributed by atoms with Crippen molar-refractivity contribution in [2.24, 2.45) is 5.92 Å². The van der Waals surface area contributed by atoms with Crippen LogP contribution in [0.25, 0.3) is 0 Å². The summed E-state index contributed by atoms with van der Waals surface area (Å²) in [6, 6.07) is 5.59. The molecule has 1 heterocycles. The number of rotatable bonds is 5. The molecular formula is C13H19NO3. The van der Waals surface area contributed by atoms with Gasteiger partial charge in [-0.25, -0.2) is 0 Å². The van der Waals surface area contributed by atoms with Crippen LogP contribution in [0.3, 0.4) is 0 Å². The van der Waals surface area contributed by atoms with E-state index < -0.39 is 0 Å². The Hall–Kier alpha value is -1.26. The number of hydrogen-bond acceptors (Lipinski definition) is 4. The summed E-state index contributed by atoms with van der Waals surface area (Å²) in [5.41, 5.74) is 7.47. The van der Waals surface area contributed by atoms with Crippen LogP contribution < -0.4 is 10.5 Å². The molecular weight excluding hydrogens is 218 g/mol. The molecule has 94 valence electrons. The number of anilines is 1. The first kappa shape index (κ1) is 12.2. The fourth-order valence-electron chi connectivity index (χ4n) is 1.96. The first-order chi connectivity index (χ1) is 8.29. The highest BCUT2D eigenvalue weighted by Gasteiger charge is 2.15. The third-order valence-electron chi connectivity index (χ3n) is 2.94. The van der Waals surface area contributed by atoms with Gasteiger partial charge in [0.15, 0.2) is 0 Å². The fraction of sp³-hybridized carbons (Fsp3) is 0.538. The van der Waals surface area contributed by atoms with E-state index in [1.165, 1.54) is 0 Å². The van der Waals surface area contributed by atoms with Crippen molar-refractivity contribution < 1.29 is 14.2 Å². The van der Waals surface area contributed by atoms with E-state index in [9.17, 15) is 0 Å². The van der Waals surface area contributed by atoms with Crippen LogP contribution in [0, 0.1) is 5.92 Å². The topological polar surface area (TPSA) is 53.7 Å². The molecule has 2 rings (SSSR count). The SMILES string of the molecule is COc1ccc(N)cc1COCC1CCOC1. The molecule has 17 heavy (non-hydrogen) atoms. The van der Waals surface area contributed by atoms with Crippen LogP contribution in [0.2, 0.25) is 0 Å². The Labute approximate surface area is 102 Å². The molecule has 1 unspecified atom stereocenters. The third kappa shape index (κ3) is 3.35. The van der Waals surface area contributed by atoms with E-state index in [2.05, 4.69) is 0 Å². The zero-order valence-corrected chi connectivity index (χ0v) is 10.1. The van der Waals surface area contributed by atoms with Crippen LogP contribution in [0.5, 0.6) is 5.75 Å². The molecule has 0 bridgehead atoms. The normalized spacial score (nSPS) is 19.5. The summed E-state index contributed by atoms with van der Waals surface area (Å²) in [5, 5.41) is 0.